The quantitative estimate of drug-likeness (QED) is 0.530. The Morgan fingerprint density at radius 1 is 0.609 bits per heavy atom. The van der Waals surface area contributed by atoms with E-state index in [1.165, 1.54) is 83.5 Å². The van der Waals surface area contributed by atoms with Crippen molar-refractivity contribution in [2.45, 2.75) is 103 Å². The lowest BCUT2D eigenvalue weighted by Crippen LogP contribution is -2.27. The van der Waals surface area contributed by atoms with E-state index in [1.54, 1.807) is 0 Å². The zero-order valence-electron chi connectivity index (χ0n) is 15.8. The SMILES string of the molecule is CC1CCCC(OCC2CCC(C3CCC(C)CC3)CC2)CC1. The molecule has 3 saturated carbocycles. The summed E-state index contributed by atoms with van der Waals surface area (Å²) in [5.41, 5.74) is 0. The number of hydrogen-bond donors (Lipinski definition) is 0. The van der Waals surface area contributed by atoms with Gasteiger partial charge < -0.3 is 4.74 Å². The molecule has 0 saturated heterocycles. The van der Waals surface area contributed by atoms with Gasteiger partial charge in [-0.25, -0.2) is 0 Å². The van der Waals surface area contributed by atoms with Crippen molar-refractivity contribution in [2.24, 2.45) is 29.6 Å². The van der Waals surface area contributed by atoms with Gasteiger partial charge in [0.25, 0.3) is 0 Å². The molecule has 134 valence electrons. The summed E-state index contributed by atoms with van der Waals surface area (Å²) in [6.45, 7) is 5.92. The van der Waals surface area contributed by atoms with Crippen LogP contribution in [0, 0.1) is 29.6 Å². The first-order valence-electron chi connectivity index (χ1n) is 10.8. The van der Waals surface area contributed by atoms with Crippen molar-refractivity contribution in [2.75, 3.05) is 6.61 Å². The standard InChI is InChI=1S/C22H40O/c1-17-4-3-5-22(15-8-17)23-16-19-9-13-21(14-10-19)20-11-6-18(2)7-12-20/h17-22H,3-16H2,1-2H3. The third-order valence-electron chi connectivity index (χ3n) is 7.39. The maximum Gasteiger partial charge on any atom is 0.0575 e. The predicted octanol–water partition coefficient (Wildman–Crippen LogP) is 6.60. The molecule has 23 heavy (non-hydrogen) atoms. The Balaban J connectivity index is 1.33. The van der Waals surface area contributed by atoms with E-state index in [0.717, 1.165) is 36.2 Å². The minimum atomic E-state index is 0.581. The highest BCUT2D eigenvalue weighted by atomic mass is 16.5. The summed E-state index contributed by atoms with van der Waals surface area (Å²) < 4.78 is 6.35. The molecule has 0 aliphatic heterocycles. The summed E-state index contributed by atoms with van der Waals surface area (Å²) in [6, 6.07) is 0. The highest BCUT2D eigenvalue weighted by molar-refractivity contribution is 4.81. The Kier molecular flexibility index (Phi) is 6.86. The third-order valence-corrected chi connectivity index (χ3v) is 7.39. The highest BCUT2D eigenvalue weighted by Gasteiger charge is 2.30. The Morgan fingerprint density at radius 2 is 1.17 bits per heavy atom. The summed E-state index contributed by atoms with van der Waals surface area (Å²) in [6.07, 6.45) is 19.3. The fourth-order valence-electron chi connectivity index (χ4n) is 5.48. The van der Waals surface area contributed by atoms with Crippen LogP contribution in [0.4, 0.5) is 0 Å². The van der Waals surface area contributed by atoms with Crippen LogP contribution in [0.2, 0.25) is 0 Å². The van der Waals surface area contributed by atoms with E-state index in [2.05, 4.69) is 13.8 Å². The second-order valence-corrected chi connectivity index (χ2v) is 9.37. The van der Waals surface area contributed by atoms with Crippen LogP contribution >= 0.6 is 0 Å². The smallest absolute Gasteiger partial charge is 0.0575 e. The lowest BCUT2D eigenvalue weighted by atomic mass is 9.69. The van der Waals surface area contributed by atoms with Crippen molar-refractivity contribution in [1.29, 1.82) is 0 Å². The molecular formula is C22H40O. The molecule has 0 spiro atoms. The van der Waals surface area contributed by atoms with E-state index in [-0.39, 0.29) is 0 Å². The fourth-order valence-corrected chi connectivity index (χ4v) is 5.48. The maximum atomic E-state index is 6.35. The van der Waals surface area contributed by atoms with Crippen LogP contribution in [0.3, 0.4) is 0 Å². The molecule has 2 atom stereocenters. The van der Waals surface area contributed by atoms with Crippen LogP contribution in [-0.2, 0) is 4.74 Å². The normalized spacial score (nSPS) is 43.0. The lowest BCUT2D eigenvalue weighted by molar-refractivity contribution is 0.00501. The second-order valence-electron chi connectivity index (χ2n) is 9.37. The Hall–Kier alpha value is -0.0400. The maximum absolute atomic E-state index is 6.35. The van der Waals surface area contributed by atoms with Gasteiger partial charge in [-0.05, 0) is 87.4 Å². The molecule has 0 aromatic heterocycles. The van der Waals surface area contributed by atoms with Crippen LogP contribution in [0.25, 0.3) is 0 Å². The molecule has 0 bridgehead atoms. The molecule has 0 aromatic rings. The molecule has 3 aliphatic rings. The van der Waals surface area contributed by atoms with E-state index in [1.807, 2.05) is 0 Å². The van der Waals surface area contributed by atoms with E-state index < -0.39 is 0 Å². The van der Waals surface area contributed by atoms with Crippen molar-refractivity contribution < 1.29 is 4.74 Å². The third kappa shape index (κ3) is 5.48. The van der Waals surface area contributed by atoms with Crippen LogP contribution in [0.1, 0.15) is 97.3 Å². The monoisotopic (exact) mass is 320 g/mol. The summed E-state index contributed by atoms with van der Waals surface area (Å²) in [7, 11) is 0. The summed E-state index contributed by atoms with van der Waals surface area (Å²) in [5.74, 6) is 4.92. The van der Waals surface area contributed by atoms with Crippen LogP contribution in [0.15, 0.2) is 0 Å². The average Bonchev–Trinajstić information content (AvgIpc) is 2.79. The molecule has 0 heterocycles. The highest BCUT2D eigenvalue weighted by Crippen LogP contribution is 2.41. The molecular weight excluding hydrogens is 280 g/mol. The molecule has 0 radical (unpaired) electrons. The fraction of sp³-hybridized carbons (Fsp3) is 1.00. The van der Waals surface area contributed by atoms with Gasteiger partial charge in [0.1, 0.15) is 0 Å². The first kappa shape index (κ1) is 17.8. The molecule has 3 aliphatic carbocycles. The second kappa shape index (κ2) is 8.88. The van der Waals surface area contributed by atoms with E-state index in [9.17, 15) is 0 Å². The molecule has 0 amide bonds. The summed E-state index contributed by atoms with van der Waals surface area (Å²) in [5, 5.41) is 0. The summed E-state index contributed by atoms with van der Waals surface area (Å²) >= 11 is 0. The van der Waals surface area contributed by atoms with Crippen molar-refractivity contribution in [3.05, 3.63) is 0 Å². The van der Waals surface area contributed by atoms with Gasteiger partial charge in [-0.15, -0.1) is 0 Å². The minimum absolute atomic E-state index is 0.581. The molecule has 0 aromatic carbocycles. The lowest BCUT2D eigenvalue weighted by Gasteiger charge is -2.37. The Morgan fingerprint density at radius 3 is 1.87 bits per heavy atom. The van der Waals surface area contributed by atoms with Gasteiger partial charge in [0.2, 0.25) is 0 Å². The van der Waals surface area contributed by atoms with Crippen LogP contribution < -0.4 is 0 Å². The first-order valence-corrected chi connectivity index (χ1v) is 10.8. The Labute approximate surface area is 144 Å². The van der Waals surface area contributed by atoms with Crippen molar-refractivity contribution >= 4 is 0 Å². The largest absolute Gasteiger partial charge is 0.378 e. The first-order chi connectivity index (χ1) is 11.2. The van der Waals surface area contributed by atoms with Gasteiger partial charge in [0.15, 0.2) is 0 Å². The predicted molar refractivity (Wildman–Crippen MR) is 98.6 cm³/mol. The van der Waals surface area contributed by atoms with Crippen LogP contribution in [-0.4, -0.2) is 12.7 Å². The summed E-state index contributed by atoms with van der Waals surface area (Å²) in [4.78, 5) is 0. The van der Waals surface area contributed by atoms with Gasteiger partial charge in [-0.1, -0.05) is 39.5 Å². The molecule has 0 N–H and O–H groups in total. The van der Waals surface area contributed by atoms with Crippen molar-refractivity contribution in [3.8, 4) is 0 Å². The zero-order valence-corrected chi connectivity index (χ0v) is 15.8. The molecule has 1 nitrogen and oxygen atoms in total. The number of rotatable bonds is 4. The van der Waals surface area contributed by atoms with Crippen molar-refractivity contribution in [3.63, 3.8) is 0 Å². The van der Waals surface area contributed by atoms with Gasteiger partial charge in [0.05, 0.1) is 6.10 Å². The minimum Gasteiger partial charge on any atom is -0.378 e. The van der Waals surface area contributed by atoms with Crippen molar-refractivity contribution in [1.82, 2.24) is 0 Å². The molecule has 2 unspecified atom stereocenters. The Bertz CT molecular complexity index is 323. The van der Waals surface area contributed by atoms with Gasteiger partial charge >= 0.3 is 0 Å². The molecule has 3 fully saturated rings. The van der Waals surface area contributed by atoms with E-state index in [4.69, 9.17) is 4.74 Å². The average molecular weight is 321 g/mol. The van der Waals surface area contributed by atoms with E-state index in [0.29, 0.717) is 6.10 Å². The van der Waals surface area contributed by atoms with Gasteiger partial charge in [0, 0.05) is 6.61 Å². The zero-order chi connectivity index (χ0) is 16.1. The van der Waals surface area contributed by atoms with E-state index >= 15 is 0 Å². The molecule has 1 heteroatoms. The topological polar surface area (TPSA) is 9.23 Å². The van der Waals surface area contributed by atoms with Gasteiger partial charge in [-0.3, -0.25) is 0 Å². The molecule has 3 rings (SSSR count). The van der Waals surface area contributed by atoms with Gasteiger partial charge in [-0.2, -0.15) is 0 Å². The van der Waals surface area contributed by atoms with Crippen LogP contribution in [0.5, 0.6) is 0 Å². The number of ether oxygens (including phenoxy) is 1. The number of hydrogen-bond acceptors (Lipinski definition) is 1.